The molecule has 0 aromatic carbocycles. The Morgan fingerprint density at radius 2 is 2.12 bits per heavy atom. The molecule has 9 heteroatoms. The predicted molar refractivity (Wildman–Crippen MR) is 54.0 cm³/mol. The number of nitrogens with two attached hydrogens (primary N) is 1. The molecule has 0 saturated carbocycles. The van der Waals surface area contributed by atoms with Gasteiger partial charge in [0.1, 0.15) is 5.56 Å². The van der Waals surface area contributed by atoms with Crippen LogP contribution in [0, 0.1) is 0 Å². The lowest BCUT2D eigenvalue weighted by atomic mass is 10.3. The number of nitrogens with one attached hydrogen (secondary N) is 3. The van der Waals surface area contributed by atoms with Gasteiger partial charge >= 0.3 is 5.69 Å². The molecular formula is C8H10F2N4O3. The third-order valence-corrected chi connectivity index (χ3v) is 1.87. The number of H-pyrrole nitrogens is 2. The lowest BCUT2D eigenvalue weighted by Crippen LogP contribution is -2.43. The molecule has 0 atom stereocenters. The maximum atomic E-state index is 12.7. The smallest absolute Gasteiger partial charge is 0.325 e. The first-order valence-electron chi connectivity index (χ1n) is 4.54. The van der Waals surface area contributed by atoms with Gasteiger partial charge in [-0.15, -0.1) is 0 Å². The van der Waals surface area contributed by atoms with Crippen molar-refractivity contribution in [2.45, 2.75) is 5.92 Å². The van der Waals surface area contributed by atoms with Crippen LogP contribution in [0.3, 0.4) is 0 Å². The summed E-state index contributed by atoms with van der Waals surface area (Å²) in [7, 11) is 0. The largest absolute Gasteiger partial charge is 0.346 e. The third kappa shape index (κ3) is 3.48. The van der Waals surface area contributed by atoms with Crippen LogP contribution in [0.15, 0.2) is 15.8 Å². The molecule has 1 aromatic rings. The average molecular weight is 248 g/mol. The van der Waals surface area contributed by atoms with Crippen LogP contribution in [-0.4, -0.2) is 34.9 Å². The van der Waals surface area contributed by atoms with Crippen LogP contribution in [-0.2, 0) is 0 Å². The zero-order chi connectivity index (χ0) is 13.1. The monoisotopic (exact) mass is 248 g/mol. The molecule has 7 nitrogen and oxygen atoms in total. The molecule has 0 aliphatic rings. The van der Waals surface area contributed by atoms with E-state index in [0.29, 0.717) is 0 Å². The van der Waals surface area contributed by atoms with E-state index in [0.717, 1.165) is 6.20 Å². The number of alkyl halides is 2. The van der Waals surface area contributed by atoms with Gasteiger partial charge in [0.2, 0.25) is 0 Å². The highest BCUT2D eigenvalue weighted by atomic mass is 19.3. The summed E-state index contributed by atoms with van der Waals surface area (Å²) in [5.74, 6) is -4.26. The summed E-state index contributed by atoms with van der Waals surface area (Å²) in [4.78, 5) is 36.9. The van der Waals surface area contributed by atoms with Crippen molar-refractivity contribution < 1.29 is 13.6 Å². The second kappa shape index (κ2) is 4.87. The quantitative estimate of drug-likeness (QED) is 0.512. The van der Waals surface area contributed by atoms with Crippen LogP contribution < -0.4 is 22.3 Å². The van der Waals surface area contributed by atoms with E-state index in [2.05, 4.69) is 0 Å². The third-order valence-electron chi connectivity index (χ3n) is 1.87. The Labute approximate surface area is 93.0 Å². The SMILES string of the molecule is NCC(F)(F)CNC(=O)c1c[nH]c(=O)[nH]c1=O. The molecule has 1 aromatic heterocycles. The normalized spacial score (nSPS) is 11.2. The van der Waals surface area contributed by atoms with Crippen molar-refractivity contribution in [3.63, 3.8) is 0 Å². The molecule has 0 fully saturated rings. The number of aromatic amines is 2. The van der Waals surface area contributed by atoms with Crippen LogP contribution in [0.2, 0.25) is 0 Å². The van der Waals surface area contributed by atoms with Crippen molar-refractivity contribution in [3.8, 4) is 0 Å². The number of carbonyl (C=O) groups is 1. The van der Waals surface area contributed by atoms with Crippen LogP contribution >= 0.6 is 0 Å². The Bertz CT molecular complexity index is 522. The highest BCUT2D eigenvalue weighted by Crippen LogP contribution is 2.08. The number of aromatic nitrogens is 2. The Kier molecular flexibility index (Phi) is 3.73. The number of carbonyl (C=O) groups excluding carboxylic acids is 1. The lowest BCUT2D eigenvalue weighted by Gasteiger charge is -2.13. The first-order valence-corrected chi connectivity index (χ1v) is 4.54. The summed E-state index contributed by atoms with van der Waals surface area (Å²) in [5, 5.41) is 1.84. The Morgan fingerprint density at radius 1 is 1.47 bits per heavy atom. The lowest BCUT2D eigenvalue weighted by molar-refractivity contribution is 0.0118. The minimum atomic E-state index is -3.25. The minimum Gasteiger partial charge on any atom is -0.346 e. The maximum absolute atomic E-state index is 12.7. The molecule has 1 rings (SSSR count). The average Bonchev–Trinajstić information content (AvgIpc) is 2.26. The molecule has 17 heavy (non-hydrogen) atoms. The summed E-state index contributed by atoms with van der Waals surface area (Å²) >= 11 is 0. The van der Waals surface area contributed by atoms with E-state index in [-0.39, 0.29) is 0 Å². The number of rotatable bonds is 4. The van der Waals surface area contributed by atoms with E-state index in [9.17, 15) is 23.2 Å². The zero-order valence-electron chi connectivity index (χ0n) is 8.55. The van der Waals surface area contributed by atoms with Gasteiger partial charge < -0.3 is 16.0 Å². The van der Waals surface area contributed by atoms with Gasteiger partial charge in [-0.2, -0.15) is 0 Å². The molecular weight excluding hydrogens is 238 g/mol. The number of hydrogen-bond acceptors (Lipinski definition) is 4. The molecule has 1 amide bonds. The van der Waals surface area contributed by atoms with Gasteiger partial charge in [0, 0.05) is 6.20 Å². The zero-order valence-corrected chi connectivity index (χ0v) is 8.55. The summed E-state index contributed by atoms with van der Waals surface area (Å²) in [5.41, 5.74) is 2.55. The van der Waals surface area contributed by atoms with E-state index in [4.69, 9.17) is 5.73 Å². The molecule has 0 saturated heterocycles. The first kappa shape index (κ1) is 13.0. The van der Waals surface area contributed by atoms with Crippen LogP contribution in [0.5, 0.6) is 0 Å². The summed E-state index contributed by atoms with van der Waals surface area (Å²) < 4.78 is 25.4. The van der Waals surface area contributed by atoms with Crippen molar-refractivity contribution in [2.75, 3.05) is 13.1 Å². The van der Waals surface area contributed by atoms with E-state index in [1.54, 1.807) is 4.98 Å². The summed E-state index contributed by atoms with van der Waals surface area (Å²) in [6, 6.07) is 0. The molecule has 0 unspecified atom stereocenters. The molecule has 0 bridgehead atoms. The Balaban J connectivity index is 2.78. The maximum Gasteiger partial charge on any atom is 0.325 e. The predicted octanol–water partition coefficient (Wildman–Crippen LogP) is -1.61. The van der Waals surface area contributed by atoms with Crippen molar-refractivity contribution in [1.29, 1.82) is 0 Å². The van der Waals surface area contributed by atoms with Gasteiger partial charge in [-0.3, -0.25) is 14.6 Å². The molecule has 5 N–H and O–H groups in total. The van der Waals surface area contributed by atoms with Crippen LogP contribution in [0.25, 0.3) is 0 Å². The van der Waals surface area contributed by atoms with Crippen molar-refractivity contribution in [2.24, 2.45) is 5.73 Å². The first-order chi connectivity index (χ1) is 7.85. The summed E-state index contributed by atoms with van der Waals surface area (Å²) in [6.45, 7) is -1.91. The summed E-state index contributed by atoms with van der Waals surface area (Å²) in [6.07, 6.45) is 0.844. The molecule has 94 valence electrons. The molecule has 0 spiro atoms. The van der Waals surface area contributed by atoms with Crippen molar-refractivity contribution >= 4 is 5.91 Å². The molecule has 1 heterocycles. The fourth-order valence-electron chi connectivity index (χ4n) is 0.955. The van der Waals surface area contributed by atoms with E-state index >= 15 is 0 Å². The highest BCUT2D eigenvalue weighted by molar-refractivity contribution is 5.93. The minimum absolute atomic E-state index is 0.461. The van der Waals surface area contributed by atoms with Crippen molar-refractivity contribution in [1.82, 2.24) is 15.3 Å². The van der Waals surface area contributed by atoms with E-state index in [1.165, 1.54) is 0 Å². The fraction of sp³-hybridized carbons (Fsp3) is 0.375. The second-order valence-electron chi connectivity index (χ2n) is 3.23. The number of hydrogen-bond donors (Lipinski definition) is 4. The van der Waals surface area contributed by atoms with Gasteiger partial charge in [0.25, 0.3) is 17.4 Å². The highest BCUT2D eigenvalue weighted by Gasteiger charge is 2.27. The number of amides is 1. The molecule has 0 aliphatic carbocycles. The van der Waals surface area contributed by atoms with Crippen LogP contribution in [0.4, 0.5) is 8.78 Å². The van der Waals surface area contributed by atoms with Gasteiger partial charge in [-0.25, -0.2) is 13.6 Å². The van der Waals surface area contributed by atoms with E-state index < -0.39 is 41.7 Å². The topological polar surface area (TPSA) is 121 Å². The molecule has 0 aliphatic heterocycles. The Hall–Kier alpha value is -2.03. The van der Waals surface area contributed by atoms with E-state index in [1.807, 2.05) is 10.3 Å². The van der Waals surface area contributed by atoms with Gasteiger partial charge in [0.15, 0.2) is 0 Å². The standard InChI is InChI=1S/C8H10F2N4O3/c9-8(10,2-11)3-13-5(15)4-1-12-7(17)14-6(4)16/h1H,2-3,11H2,(H,13,15)(H2,12,14,16,17). The van der Waals surface area contributed by atoms with Crippen molar-refractivity contribution in [3.05, 3.63) is 32.6 Å². The second-order valence-corrected chi connectivity index (χ2v) is 3.23. The molecule has 0 radical (unpaired) electrons. The Morgan fingerprint density at radius 3 is 2.65 bits per heavy atom. The number of halogens is 2. The fourth-order valence-corrected chi connectivity index (χ4v) is 0.955. The van der Waals surface area contributed by atoms with Crippen LogP contribution in [0.1, 0.15) is 10.4 Å². The van der Waals surface area contributed by atoms with Gasteiger partial charge in [0.05, 0.1) is 13.1 Å². The van der Waals surface area contributed by atoms with Gasteiger partial charge in [-0.05, 0) is 0 Å². The van der Waals surface area contributed by atoms with Gasteiger partial charge in [-0.1, -0.05) is 0 Å².